The Morgan fingerprint density at radius 3 is 2.51 bits per heavy atom. The minimum absolute atomic E-state index is 0.0335. The van der Waals surface area contributed by atoms with E-state index in [9.17, 15) is 29.7 Å². The number of rotatable bonds is 7. The lowest BCUT2D eigenvalue weighted by Crippen LogP contribution is -2.45. The summed E-state index contributed by atoms with van der Waals surface area (Å²) in [7, 11) is 0. The van der Waals surface area contributed by atoms with Gasteiger partial charge in [0.15, 0.2) is 6.19 Å². The van der Waals surface area contributed by atoms with Crippen molar-refractivity contribution in [3.05, 3.63) is 62.1 Å². The molecule has 1 saturated heterocycles. The molecule has 0 spiro atoms. The molecule has 3 atom stereocenters. The number of likely N-dealkylation sites (tertiary alicyclic amines) is 1. The van der Waals surface area contributed by atoms with E-state index in [1.54, 1.807) is 23.2 Å². The number of nitrogens with zero attached hydrogens (tertiary/aromatic N) is 4. The van der Waals surface area contributed by atoms with Gasteiger partial charge < -0.3 is 41.6 Å². The number of nitrogens with two attached hydrogens (primary N) is 1. The molecule has 14 nitrogen and oxygen atoms in total. The SMILES string of the molecule is N#CNC(=NC[C@H](NC(=O)c1c(Cl)cc2c(c1Cl)CCN(C(=O)c1ccc(C=N)c(N)c1)C2)C(=O)O)N1C[C@@H](O)[C@H](O)C1. The molecule has 0 aromatic heterocycles. The normalized spacial score (nSPS) is 18.8. The number of fused-ring (bicyclic) bond motifs is 1. The Bertz CT molecular complexity index is 1530. The topological polar surface area (TPSA) is 228 Å². The van der Waals surface area contributed by atoms with Gasteiger partial charge in [-0.2, -0.15) is 5.26 Å². The zero-order chi connectivity index (χ0) is 31.4. The van der Waals surface area contributed by atoms with E-state index in [1.807, 2.05) is 0 Å². The van der Waals surface area contributed by atoms with Crippen molar-refractivity contribution in [2.75, 3.05) is 31.9 Å². The number of aliphatic imine (C=N–C) groups is 1. The average molecular weight is 631 g/mol. The van der Waals surface area contributed by atoms with Crippen molar-refractivity contribution in [2.24, 2.45) is 4.99 Å². The van der Waals surface area contributed by atoms with Crippen LogP contribution in [0.1, 0.15) is 37.4 Å². The Kier molecular flexibility index (Phi) is 9.72. The van der Waals surface area contributed by atoms with E-state index in [1.165, 1.54) is 17.0 Å². The monoisotopic (exact) mass is 630 g/mol. The van der Waals surface area contributed by atoms with Crippen molar-refractivity contribution in [3.8, 4) is 6.19 Å². The zero-order valence-electron chi connectivity index (χ0n) is 22.5. The number of nitrogen functional groups attached to an aromatic ring is 1. The molecule has 226 valence electrons. The highest BCUT2D eigenvalue weighted by Crippen LogP contribution is 2.35. The summed E-state index contributed by atoms with van der Waals surface area (Å²) in [6, 6.07) is 4.65. The number of carbonyl (C=O) groups excluding carboxylic acids is 2. The molecule has 2 heterocycles. The summed E-state index contributed by atoms with van der Waals surface area (Å²) < 4.78 is 0. The fourth-order valence-electron chi connectivity index (χ4n) is 4.86. The van der Waals surface area contributed by atoms with Gasteiger partial charge in [0.05, 0.1) is 34.4 Å². The van der Waals surface area contributed by atoms with Gasteiger partial charge in [0.1, 0.15) is 6.04 Å². The third-order valence-electron chi connectivity index (χ3n) is 7.16. The molecule has 43 heavy (non-hydrogen) atoms. The number of benzene rings is 2. The van der Waals surface area contributed by atoms with E-state index in [0.29, 0.717) is 34.4 Å². The third-order valence-corrected chi connectivity index (χ3v) is 7.88. The number of anilines is 1. The maximum atomic E-state index is 13.2. The van der Waals surface area contributed by atoms with Crippen LogP contribution in [0.3, 0.4) is 0 Å². The number of aliphatic carboxylic acids is 1. The number of guanidine groups is 1. The molecule has 2 aromatic carbocycles. The molecule has 0 radical (unpaired) electrons. The number of hydrogen-bond acceptors (Lipinski definition) is 9. The molecule has 2 amide bonds. The number of carboxylic acid groups (broad SMARTS) is 1. The molecule has 2 aromatic rings. The number of carboxylic acids is 1. The third kappa shape index (κ3) is 6.81. The second-order valence-corrected chi connectivity index (χ2v) is 10.7. The summed E-state index contributed by atoms with van der Waals surface area (Å²) in [5, 5.41) is 50.4. The highest BCUT2D eigenvalue weighted by molar-refractivity contribution is 6.40. The van der Waals surface area contributed by atoms with E-state index in [4.69, 9.17) is 39.6 Å². The van der Waals surface area contributed by atoms with Crippen molar-refractivity contribution < 1.29 is 29.7 Å². The lowest BCUT2D eigenvalue weighted by atomic mass is 9.95. The lowest BCUT2D eigenvalue weighted by molar-refractivity contribution is -0.138. The number of halogens is 2. The average Bonchev–Trinajstić information content (AvgIpc) is 3.30. The van der Waals surface area contributed by atoms with Gasteiger partial charge in [0.25, 0.3) is 11.8 Å². The van der Waals surface area contributed by atoms with Crippen LogP contribution in [0.15, 0.2) is 29.3 Å². The fraction of sp³-hybridized carbons (Fsp3) is 0.333. The molecule has 8 N–H and O–H groups in total. The summed E-state index contributed by atoms with van der Waals surface area (Å²) in [6.45, 7) is -0.124. The van der Waals surface area contributed by atoms with Crippen LogP contribution in [-0.2, 0) is 17.8 Å². The van der Waals surface area contributed by atoms with Crippen LogP contribution >= 0.6 is 23.2 Å². The van der Waals surface area contributed by atoms with E-state index in [2.05, 4.69) is 15.6 Å². The maximum Gasteiger partial charge on any atom is 0.328 e. The van der Waals surface area contributed by atoms with Crippen LogP contribution in [-0.4, -0.2) is 99.5 Å². The number of carbonyl (C=O) groups is 3. The number of amides is 2. The van der Waals surface area contributed by atoms with Gasteiger partial charge in [0, 0.05) is 49.2 Å². The molecule has 1 fully saturated rings. The van der Waals surface area contributed by atoms with Crippen LogP contribution in [0.4, 0.5) is 5.69 Å². The molecule has 4 rings (SSSR count). The molecule has 0 bridgehead atoms. The number of aliphatic hydroxyl groups excluding tert-OH is 2. The van der Waals surface area contributed by atoms with Gasteiger partial charge >= 0.3 is 5.97 Å². The van der Waals surface area contributed by atoms with Crippen molar-refractivity contribution in [1.82, 2.24) is 20.4 Å². The van der Waals surface area contributed by atoms with Crippen LogP contribution < -0.4 is 16.4 Å². The van der Waals surface area contributed by atoms with Gasteiger partial charge in [-0.15, -0.1) is 0 Å². The quantitative estimate of drug-likeness (QED) is 0.0732. The number of nitriles is 1. The summed E-state index contributed by atoms with van der Waals surface area (Å²) >= 11 is 13.1. The van der Waals surface area contributed by atoms with Gasteiger partial charge in [-0.05, 0) is 35.7 Å². The lowest BCUT2D eigenvalue weighted by Gasteiger charge is -2.30. The van der Waals surface area contributed by atoms with E-state index < -0.39 is 36.7 Å². The number of nitrogens with one attached hydrogen (secondary N) is 3. The Hall–Kier alpha value is -4.42. The fourth-order valence-corrected chi connectivity index (χ4v) is 5.62. The summed E-state index contributed by atoms with van der Waals surface area (Å²) in [5.41, 5.74) is 8.16. The molecule has 2 aliphatic rings. The molecule has 16 heteroatoms. The van der Waals surface area contributed by atoms with Crippen LogP contribution in [0.5, 0.6) is 0 Å². The number of hydrogen-bond donors (Lipinski definition) is 7. The minimum atomic E-state index is -1.54. The van der Waals surface area contributed by atoms with Crippen molar-refractivity contribution in [3.63, 3.8) is 0 Å². The first-order valence-corrected chi connectivity index (χ1v) is 13.7. The summed E-state index contributed by atoms with van der Waals surface area (Å²) in [6.07, 6.45) is 0.925. The molecular weight excluding hydrogens is 603 g/mol. The first kappa shape index (κ1) is 31.5. The van der Waals surface area contributed by atoms with Gasteiger partial charge in [-0.1, -0.05) is 29.3 Å². The highest BCUT2D eigenvalue weighted by Gasteiger charge is 2.33. The van der Waals surface area contributed by atoms with E-state index in [-0.39, 0.29) is 53.7 Å². The Morgan fingerprint density at radius 1 is 1.21 bits per heavy atom. The molecule has 0 saturated carbocycles. The van der Waals surface area contributed by atoms with E-state index in [0.717, 1.165) is 6.21 Å². The van der Waals surface area contributed by atoms with Crippen molar-refractivity contribution in [1.29, 1.82) is 10.7 Å². The minimum Gasteiger partial charge on any atom is -0.480 e. The second-order valence-electron chi connectivity index (χ2n) is 9.95. The molecule has 2 aliphatic heterocycles. The van der Waals surface area contributed by atoms with Crippen LogP contribution in [0.2, 0.25) is 10.0 Å². The van der Waals surface area contributed by atoms with Crippen molar-refractivity contribution in [2.45, 2.75) is 31.2 Å². The standard InChI is InChI=1S/C27H28Cl2N8O6/c28-17-5-15-9-36(25(41)13-1-2-14(7-30)18(32)6-13)4-3-16(15)23(29)22(17)24(40)35-19(26(42)43)8-33-27(34-12-31)37-10-20(38)21(39)11-37/h1-2,5-7,19-21,30,38-39H,3-4,8-11,32H2,(H,33,34)(H,35,40)(H,42,43)/t19-,20+,21+/m0/s1. The number of aliphatic hydroxyl groups is 2. The first-order valence-electron chi connectivity index (χ1n) is 13.0. The first-order chi connectivity index (χ1) is 20.4. The molecule has 0 unspecified atom stereocenters. The zero-order valence-corrected chi connectivity index (χ0v) is 24.1. The largest absolute Gasteiger partial charge is 0.480 e. The van der Waals surface area contributed by atoms with E-state index >= 15 is 0 Å². The summed E-state index contributed by atoms with van der Waals surface area (Å²) in [5.74, 6) is -2.63. The Morgan fingerprint density at radius 2 is 1.91 bits per heavy atom. The Labute approximate surface area is 255 Å². The Balaban J connectivity index is 1.50. The van der Waals surface area contributed by atoms with Gasteiger partial charge in [0.2, 0.25) is 5.96 Å². The van der Waals surface area contributed by atoms with Gasteiger partial charge in [-0.25, -0.2) is 9.79 Å². The predicted molar refractivity (Wildman–Crippen MR) is 157 cm³/mol. The number of β-amino-alcohol motifs (C(OH)–C–C–N with tert-alkyl or cyclic N) is 2. The van der Waals surface area contributed by atoms with Crippen LogP contribution in [0.25, 0.3) is 0 Å². The van der Waals surface area contributed by atoms with Crippen molar-refractivity contribution >= 4 is 58.8 Å². The molecular formula is C27H28Cl2N8O6. The summed E-state index contributed by atoms with van der Waals surface area (Å²) in [4.78, 5) is 45.3. The highest BCUT2D eigenvalue weighted by atomic mass is 35.5. The second kappa shape index (κ2) is 13.3. The molecule has 0 aliphatic carbocycles. The smallest absolute Gasteiger partial charge is 0.328 e. The van der Waals surface area contributed by atoms with Crippen LogP contribution in [0, 0.1) is 16.9 Å². The van der Waals surface area contributed by atoms with Gasteiger partial charge in [-0.3, -0.25) is 14.9 Å². The maximum absolute atomic E-state index is 13.2. The predicted octanol–water partition coefficient (Wildman–Crippen LogP) is 0.419.